The second kappa shape index (κ2) is 8.01. The Hall–Kier alpha value is -2.87. The predicted molar refractivity (Wildman–Crippen MR) is 99.9 cm³/mol. The second-order valence-electron chi connectivity index (χ2n) is 6.28. The van der Waals surface area contributed by atoms with Crippen LogP contribution >= 0.6 is 11.3 Å². The number of anilines is 2. The third-order valence-electron chi connectivity index (χ3n) is 3.03. The van der Waals surface area contributed by atoms with Gasteiger partial charge >= 0.3 is 12.1 Å². The van der Waals surface area contributed by atoms with Gasteiger partial charge < -0.3 is 14.8 Å². The maximum absolute atomic E-state index is 12.4. The van der Waals surface area contributed by atoms with Gasteiger partial charge in [-0.25, -0.2) is 9.59 Å². The van der Waals surface area contributed by atoms with Crippen LogP contribution in [-0.4, -0.2) is 30.7 Å². The summed E-state index contributed by atoms with van der Waals surface area (Å²) in [6.07, 6.45) is -0.622. The van der Waals surface area contributed by atoms with Crippen LogP contribution < -0.4 is 10.6 Å². The van der Waals surface area contributed by atoms with Gasteiger partial charge in [0, 0.05) is 0 Å². The summed E-state index contributed by atoms with van der Waals surface area (Å²) >= 11 is 1.02. The fourth-order valence-electron chi connectivity index (χ4n) is 1.97. The molecule has 0 bridgehead atoms. The van der Waals surface area contributed by atoms with E-state index in [2.05, 4.69) is 15.4 Å². The Morgan fingerprint density at radius 2 is 1.50 bits per heavy atom. The normalized spacial score (nSPS) is 10.8. The molecule has 0 spiro atoms. The van der Waals surface area contributed by atoms with Crippen LogP contribution in [0.2, 0.25) is 0 Å². The van der Waals surface area contributed by atoms with Gasteiger partial charge in [0.25, 0.3) is 5.91 Å². The van der Waals surface area contributed by atoms with Crippen molar-refractivity contribution in [2.45, 2.75) is 26.4 Å². The Kier molecular flexibility index (Phi) is 5.99. The van der Waals surface area contributed by atoms with Crippen molar-refractivity contribution in [2.24, 2.45) is 0 Å². The van der Waals surface area contributed by atoms with Gasteiger partial charge in [0.1, 0.15) is 10.5 Å². The van der Waals surface area contributed by atoms with E-state index >= 15 is 0 Å². The molecule has 0 fully saturated rings. The van der Waals surface area contributed by atoms with Gasteiger partial charge in [-0.15, -0.1) is 11.3 Å². The largest absolute Gasteiger partial charge is 0.465 e. The van der Waals surface area contributed by atoms with E-state index in [0.29, 0.717) is 21.1 Å². The van der Waals surface area contributed by atoms with Crippen LogP contribution in [0.4, 0.5) is 16.2 Å². The van der Waals surface area contributed by atoms with Crippen LogP contribution in [0.15, 0.2) is 36.4 Å². The lowest BCUT2D eigenvalue weighted by atomic mass is 10.2. The number of thiophene rings is 1. The number of carbonyl (C=O) groups is 3. The highest BCUT2D eigenvalue weighted by molar-refractivity contribution is 7.16. The molecule has 1 heterocycles. The molecule has 26 heavy (non-hydrogen) atoms. The van der Waals surface area contributed by atoms with E-state index in [0.717, 1.165) is 11.3 Å². The Balaban J connectivity index is 2.12. The van der Waals surface area contributed by atoms with Crippen molar-refractivity contribution in [2.75, 3.05) is 17.7 Å². The Bertz CT molecular complexity index is 823. The van der Waals surface area contributed by atoms with Crippen LogP contribution in [0.1, 0.15) is 40.1 Å². The maximum Gasteiger partial charge on any atom is 0.412 e. The summed E-state index contributed by atoms with van der Waals surface area (Å²) < 4.78 is 9.84. The molecule has 0 atom stereocenters. The molecular weight excluding hydrogens is 356 g/mol. The topological polar surface area (TPSA) is 93.7 Å². The number of ether oxygens (including phenoxy) is 2. The number of carbonyl (C=O) groups excluding carboxylic acids is 3. The van der Waals surface area contributed by atoms with E-state index in [1.54, 1.807) is 45.0 Å². The van der Waals surface area contributed by atoms with Gasteiger partial charge in [-0.3, -0.25) is 10.1 Å². The first-order valence-corrected chi connectivity index (χ1v) is 8.60. The number of nitrogens with one attached hydrogen (secondary N) is 2. The zero-order valence-corrected chi connectivity index (χ0v) is 15.7. The molecule has 8 heteroatoms. The third-order valence-corrected chi connectivity index (χ3v) is 4.09. The van der Waals surface area contributed by atoms with Crippen molar-refractivity contribution in [3.05, 3.63) is 46.2 Å². The highest BCUT2D eigenvalue weighted by Gasteiger charge is 2.19. The molecule has 2 aromatic rings. The summed E-state index contributed by atoms with van der Waals surface area (Å²) in [7, 11) is 1.28. The molecule has 2 amide bonds. The van der Waals surface area contributed by atoms with Crippen molar-refractivity contribution in [1.82, 2.24) is 0 Å². The monoisotopic (exact) mass is 376 g/mol. The summed E-state index contributed by atoms with van der Waals surface area (Å²) in [5, 5.41) is 5.32. The van der Waals surface area contributed by atoms with E-state index in [-0.39, 0.29) is 0 Å². The molecule has 7 nitrogen and oxygen atoms in total. The smallest absolute Gasteiger partial charge is 0.412 e. The first-order valence-electron chi connectivity index (χ1n) is 7.78. The van der Waals surface area contributed by atoms with Crippen LogP contribution in [0.25, 0.3) is 0 Å². The number of hydrogen-bond donors (Lipinski definition) is 2. The lowest BCUT2D eigenvalue weighted by Crippen LogP contribution is -2.27. The Morgan fingerprint density at radius 3 is 2.08 bits per heavy atom. The molecule has 0 saturated carbocycles. The fraction of sp³-hybridized carbons (Fsp3) is 0.278. The number of benzene rings is 1. The molecule has 138 valence electrons. The summed E-state index contributed by atoms with van der Waals surface area (Å²) in [5.41, 5.74) is 0.181. The number of hydrogen-bond acceptors (Lipinski definition) is 6. The molecule has 1 aromatic carbocycles. The molecule has 0 aliphatic heterocycles. The summed E-state index contributed by atoms with van der Waals surface area (Å²) in [4.78, 5) is 36.5. The maximum atomic E-state index is 12.4. The predicted octanol–water partition coefficient (Wildman–Crippen LogP) is 4.13. The minimum Gasteiger partial charge on any atom is -0.465 e. The zero-order valence-electron chi connectivity index (χ0n) is 14.9. The Morgan fingerprint density at radius 1 is 0.923 bits per heavy atom. The fourth-order valence-corrected chi connectivity index (χ4v) is 2.79. The second-order valence-corrected chi connectivity index (χ2v) is 7.37. The SMILES string of the molecule is COC(=O)c1ccc(C(=O)Nc2ccccc2NC(=O)OC(C)(C)C)s1. The molecule has 0 aliphatic carbocycles. The van der Waals surface area contributed by atoms with Crippen molar-refractivity contribution < 1.29 is 23.9 Å². The van der Waals surface area contributed by atoms with Gasteiger partial charge in [-0.2, -0.15) is 0 Å². The van der Waals surface area contributed by atoms with E-state index in [1.165, 1.54) is 19.2 Å². The lowest BCUT2D eigenvalue weighted by Gasteiger charge is -2.20. The molecule has 0 aliphatic rings. The van der Waals surface area contributed by atoms with Gasteiger partial charge in [0.05, 0.1) is 23.4 Å². The average Bonchev–Trinajstić information content (AvgIpc) is 3.04. The van der Waals surface area contributed by atoms with Gasteiger partial charge in [0.15, 0.2) is 0 Å². The van der Waals surface area contributed by atoms with Crippen molar-refractivity contribution in [3.63, 3.8) is 0 Å². The van der Waals surface area contributed by atoms with E-state index in [4.69, 9.17) is 4.74 Å². The minimum atomic E-state index is -0.635. The summed E-state index contributed by atoms with van der Waals surface area (Å²) in [6, 6.07) is 9.81. The third kappa shape index (κ3) is 5.32. The number of amides is 2. The standard InChI is InChI=1S/C18H20N2O5S/c1-18(2,3)25-17(23)20-12-8-6-5-7-11(12)19-15(21)13-9-10-14(26-13)16(22)24-4/h5-10H,1-4H3,(H,19,21)(H,20,23). The average molecular weight is 376 g/mol. The zero-order chi connectivity index (χ0) is 19.3. The number of rotatable bonds is 4. The van der Waals surface area contributed by atoms with Gasteiger partial charge in [0.2, 0.25) is 0 Å². The van der Waals surface area contributed by atoms with Gasteiger partial charge in [-0.1, -0.05) is 12.1 Å². The lowest BCUT2D eigenvalue weighted by molar-refractivity contribution is 0.0603. The van der Waals surface area contributed by atoms with Crippen LogP contribution in [0, 0.1) is 0 Å². The molecular formula is C18H20N2O5S. The first-order chi connectivity index (χ1) is 12.2. The quantitative estimate of drug-likeness (QED) is 0.783. The van der Waals surface area contributed by atoms with Crippen LogP contribution in [-0.2, 0) is 9.47 Å². The van der Waals surface area contributed by atoms with E-state index in [9.17, 15) is 14.4 Å². The highest BCUT2D eigenvalue weighted by atomic mass is 32.1. The number of methoxy groups -OCH3 is 1. The van der Waals surface area contributed by atoms with E-state index < -0.39 is 23.6 Å². The number of para-hydroxylation sites is 2. The van der Waals surface area contributed by atoms with Crippen molar-refractivity contribution >= 4 is 40.7 Å². The number of esters is 1. The molecule has 2 rings (SSSR count). The van der Waals surface area contributed by atoms with Crippen LogP contribution in [0.5, 0.6) is 0 Å². The summed E-state index contributed by atoms with van der Waals surface area (Å²) in [6.45, 7) is 5.28. The minimum absolute atomic E-state index is 0.331. The molecule has 2 N–H and O–H groups in total. The first kappa shape index (κ1) is 19.5. The van der Waals surface area contributed by atoms with Crippen LogP contribution in [0.3, 0.4) is 0 Å². The Labute approximate surface area is 155 Å². The van der Waals surface area contributed by atoms with Crippen molar-refractivity contribution in [3.8, 4) is 0 Å². The molecule has 0 unspecified atom stereocenters. The highest BCUT2D eigenvalue weighted by Crippen LogP contribution is 2.24. The summed E-state index contributed by atoms with van der Waals surface area (Å²) in [5.74, 6) is -0.898. The van der Waals surface area contributed by atoms with Crippen molar-refractivity contribution in [1.29, 1.82) is 0 Å². The van der Waals surface area contributed by atoms with E-state index in [1.807, 2.05) is 0 Å². The molecule has 1 aromatic heterocycles. The van der Waals surface area contributed by atoms with Gasteiger partial charge in [-0.05, 0) is 45.0 Å². The molecule has 0 saturated heterocycles. The molecule has 0 radical (unpaired) electrons.